The Labute approximate surface area is 245 Å². The number of morpholine rings is 1. The first-order valence-electron chi connectivity index (χ1n) is 14.1. The molecule has 2 N–H and O–H groups in total. The van der Waals surface area contributed by atoms with E-state index < -0.39 is 17.7 Å². The molecule has 3 aromatic carbocycles. The van der Waals surface area contributed by atoms with Gasteiger partial charge in [0.2, 0.25) is 0 Å². The Kier molecular flexibility index (Phi) is 9.09. The van der Waals surface area contributed by atoms with Crippen molar-refractivity contribution in [3.8, 4) is 17.2 Å². The summed E-state index contributed by atoms with van der Waals surface area (Å²) < 4.78 is 16.6. The van der Waals surface area contributed by atoms with Gasteiger partial charge in [-0.05, 0) is 60.9 Å². The molecular weight excluding hydrogens is 536 g/mol. The minimum absolute atomic E-state index is 0.00690. The molecule has 0 radical (unpaired) electrons. The molecule has 2 aliphatic heterocycles. The number of phenolic OH excluding ortho intramolecular Hbond substituents is 1. The molecule has 0 saturated carbocycles. The third kappa shape index (κ3) is 6.42. The quantitative estimate of drug-likeness (QED) is 0.209. The number of phenols is 1. The summed E-state index contributed by atoms with van der Waals surface area (Å²) in [4.78, 5) is 30.5. The number of carbonyl (C=O) groups is 2. The van der Waals surface area contributed by atoms with Crippen molar-refractivity contribution < 1.29 is 34.0 Å². The Balaban J connectivity index is 1.42. The molecule has 9 heteroatoms. The number of carbonyl (C=O) groups excluding carboxylic acids is 2. The van der Waals surface area contributed by atoms with Crippen LogP contribution in [0, 0.1) is 6.92 Å². The fraction of sp³-hybridized carbons (Fsp3) is 0.333. The number of ether oxygens (including phenoxy) is 3. The molecule has 2 saturated heterocycles. The fourth-order valence-electron chi connectivity index (χ4n) is 5.44. The number of amides is 1. The summed E-state index contributed by atoms with van der Waals surface area (Å²) in [5.74, 6) is -0.944. The highest BCUT2D eigenvalue weighted by Crippen LogP contribution is 2.42. The number of aromatic hydroxyl groups is 1. The van der Waals surface area contributed by atoms with Crippen LogP contribution in [0.3, 0.4) is 0 Å². The van der Waals surface area contributed by atoms with Gasteiger partial charge in [-0.1, -0.05) is 35.9 Å². The van der Waals surface area contributed by atoms with Crippen molar-refractivity contribution in [3.63, 3.8) is 0 Å². The lowest BCUT2D eigenvalue weighted by Gasteiger charge is -2.29. The van der Waals surface area contributed by atoms with E-state index in [9.17, 15) is 19.8 Å². The first kappa shape index (κ1) is 29.2. The second-order valence-corrected chi connectivity index (χ2v) is 10.5. The van der Waals surface area contributed by atoms with Gasteiger partial charge in [0, 0.05) is 31.7 Å². The normalized spacial score (nSPS) is 18.8. The number of likely N-dealkylation sites (tertiary alicyclic amines) is 1. The summed E-state index contributed by atoms with van der Waals surface area (Å²) >= 11 is 0. The molecule has 0 spiro atoms. The number of aryl methyl sites for hydroxylation is 1. The van der Waals surface area contributed by atoms with Crippen LogP contribution in [0.1, 0.15) is 34.7 Å². The Morgan fingerprint density at radius 3 is 2.48 bits per heavy atom. The van der Waals surface area contributed by atoms with Crippen molar-refractivity contribution in [1.82, 2.24) is 9.80 Å². The van der Waals surface area contributed by atoms with E-state index in [0.29, 0.717) is 49.7 Å². The first-order valence-corrected chi connectivity index (χ1v) is 14.1. The molecule has 0 aromatic heterocycles. The zero-order chi connectivity index (χ0) is 29.6. The molecule has 1 unspecified atom stereocenters. The first-order chi connectivity index (χ1) is 20.4. The summed E-state index contributed by atoms with van der Waals surface area (Å²) in [7, 11) is 1.43. The number of hydrogen-bond donors (Lipinski definition) is 2. The van der Waals surface area contributed by atoms with Crippen LogP contribution in [0.15, 0.2) is 72.3 Å². The molecule has 220 valence electrons. The minimum atomic E-state index is -0.846. The lowest BCUT2D eigenvalue weighted by atomic mass is 9.95. The second kappa shape index (κ2) is 13.1. The summed E-state index contributed by atoms with van der Waals surface area (Å²) in [5, 5.41) is 21.6. The van der Waals surface area contributed by atoms with Crippen LogP contribution in [0.2, 0.25) is 0 Å². The molecule has 42 heavy (non-hydrogen) atoms. The Morgan fingerprint density at radius 2 is 1.76 bits per heavy atom. The molecule has 3 aromatic rings. The molecule has 2 heterocycles. The molecule has 1 atom stereocenters. The van der Waals surface area contributed by atoms with Crippen molar-refractivity contribution in [1.29, 1.82) is 0 Å². The van der Waals surface area contributed by atoms with Gasteiger partial charge in [0.15, 0.2) is 11.5 Å². The fourth-order valence-corrected chi connectivity index (χ4v) is 5.44. The van der Waals surface area contributed by atoms with E-state index in [1.54, 1.807) is 36.4 Å². The highest BCUT2D eigenvalue weighted by atomic mass is 16.5. The predicted octanol–water partition coefficient (Wildman–Crippen LogP) is 4.43. The van der Waals surface area contributed by atoms with Crippen molar-refractivity contribution in [2.75, 3.05) is 46.5 Å². The molecule has 0 aliphatic carbocycles. The number of Topliss-reactive ketones (excluding diaryl/α,β-unsaturated/α-hetero) is 1. The number of benzene rings is 3. The number of methoxy groups -OCH3 is 1. The van der Waals surface area contributed by atoms with E-state index in [4.69, 9.17) is 14.2 Å². The maximum atomic E-state index is 13.4. The van der Waals surface area contributed by atoms with Gasteiger partial charge >= 0.3 is 0 Å². The number of aliphatic hydroxyl groups excluding tert-OH is 1. The smallest absolute Gasteiger partial charge is 0.295 e. The lowest BCUT2D eigenvalue weighted by molar-refractivity contribution is -0.140. The summed E-state index contributed by atoms with van der Waals surface area (Å²) in [6.45, 7) is 6.48. The van der Waals surface area contributed by atoms with Gasteiger partial charge in [0.1, 0.15) is 18.1 Å². The number of nitrogens with zero attached hydrogens (tertiary/aromatic N) is 2. The molecule has 9 nitrogen and oxygen atoms in total. The van der Waals surface area contributed by atoms with Crippen molar-refractivity contribution in [3.05, 3.63) is 94.6 Å². The molecule has 5 rings (SSSR count). The third-order valence-electron chi connectivity index (χ3n) is 7.65. The molecule has 1 amide bonds. The lowest BCUT2D eigenvalue weighted by Crippen LogP contribution is -2.38. The van der Waals surface area contributed by atoms with Crippen molar-refractivity contribution in [2.24, 2.45) is 0 Å². The standard InChI is InChI=1S/C33H36N2O7/c1-22-5-3-6-23(19-22)21-42-26-10-7-24(8-11-26)31(37)29-30(25-9-12-27(36)28(20-25)40-2)35(33(39)32(29)38)14-4-13-34-15-17-41-18-16-34/h3,5-12,19-20,30,36-37H,4,13-18,21H2,1-2H3/b31-29+. The number of hydrogen-bond acceptors (Lipinski definition) is 8. The maximum Gasteiger partial charge on any atom is 0.295 e. The monoisotopic (exact) mass is 572 g/mol. The predicted molar refractivity (Wildman–Crippen MR) is 157 cm³/mol. The van der Waals surface area contributed by atoms with E-state index in [0.717, 1.165) is 30.8 Å². The average Bonchev–Trinajstić information content (AvgIpc) is 3.26. The average molecular weight is 573 g/mol. The zero-order valence-corrected chi connectivity index (χ0v) is 23.9. The zero-order valence-electron chi connectivity index (χ0n) is 23.9. The van der Waals surface area contributed by atoms with Gasteiger partial charge in [0.25, 0.3) is 11.7 Å². The Morgan fingerprint density at radius 1 is 1.00 bits per heavy atom. The van der Waals surface area contributed by atoms with Crippen LogP contribution in [0.25, 0.3) is 5.76 Å². The minimum Gasteiger partial charge on any atom is -0.507 e. The van der Waals surface area contributed by atoms with Crippen molar-refractivity contribution in [2.45, 2.75) is 26.0 Å². The van der Waals surface area contributed by atoms with Gasteiger partial charge < -0.3 is 29.3 Å². The van der Waals surface area contributed by atoms with Gasteiger partial charge in [0.05, 0.1) is 31.9 Å². The molecule has 2 fully saturated rings. The van der Waals surface area contributed by atoms with E-state index in [-0.39, 0.29) is 22.8 Å². The number of ketones is 1. The van der Waals surface area contributed by atoms with E-state index >= 15 is 0 Å². The molecular formula is C33H36N2O7. The van der Waals surface area contributed by atoms with E-state index in [1.807, 2.05) is 25.1 Å². The van der Waals surface area contributed by atoms with E-state index in [1.165, 1.54) is 18.1 Å². The third-order valence-corrected chi connectivity index (χ3v) is 7.65. The summed E-state index contributed by atoms with van der Waals surface area (Å²) in [6, 6.07) is 18.7. The van der Waals surface area contributed by atoms with Gasteiger partial charge in [-0.2, -0.15) is 0 Å². The molecule has 0 bridgehead atoms. The SMILES string of the molecule is COc1cc(C2/C(=C(\O)c3ccc(OCc4cccc(C)c4)cc3)C(=O)C(=O)N2CCCN2CCOCC2)ccc1O. The number of rotatable bonds is 10. The van der Waals surface area contributed by atoms with Gasteiger partial charge in [-0.15, -0.1) is 0 Å². The Hall–Kier alpha value is -4.34. The summed E-state index contributed by atoms with van der Waals surface area (Å²) in [6.07, 6.45) is 0.645. The highest BCUT2D eigenvalue weighted by Gasteiger charge is 2.46. The van der Waals surface area contributed by atoms with Crippen LogP contribution in [0.5, 0.6) is 17.2 Å². The second-order valence-electron chi connectivity index (χ2n) is 10.5. The number of aliphatic hydroxyl groups is 1. The summed E-state index contributed by atoms with van der Waals surface area (Å²) in [5.41, 5.74) is 3.12. The van der Waals surface area contributed by atoms with Gasteiger partial charge in [-0.25, -0.2) is 0 Å². The van der Waals surface area contributed by atoms with Crippen LogP contribution >= 0.6 is 0 Å². The van der Waals surface area contributed by atoms with Crippen molar-refractivity contribution >= 4 is 17.4 Å². The van der Waals surface area contributed by atoms with Gasteiger partial charge in [-0.3, -0.25) is 14.5 Å². The van der Waals surface area contributed by atoms with Crippen LogP contribution in [-0.4, -0.2) is 78.2 Å². The topological polar surface area (TPSA) is 109 Å². The maximum absolute atomic E-state index is 13.4. The Bertz CT molecular complexity index is 1460. The largest absolute Gasteiger partial charge is 0.507 e. The van der Waals surface area contributed by atoms with E-state index in [2.05, 4.69) is 11.0 Å². The van der Waals surface area contributed by atoms with Crippen LogP contribution < -0.4 is 9.47 Å². The van der Waals surface area contributed by atoms with Crippen LogP contribution in [-0.2, 0) is 20.9 Å². The van der Waals surface area contributed by atoms with Crippen LogP contribution in [0.4, 0.5) is 0 Å². The highest BCUT2D eigenvalue weighted by molar-refractivity contribution is 6.46. The molecule has 2 aliphatic rings.